The molecule has 0 aliphatic carbocycles. The van der Waals surface area contributed by atoms with Crippen molar-refractivity contribution in [1.29, 1.82) is 0 Å². The van der Waals surface area contributed by atoms with E-state index >= 15 is 0 Å². The smallest absolute Gasteiger partial charge is 0.264 e. The lowest BCUT2D eigenvalue weighted by Crippen LogP contribution is -2.51. The van der Waals surface area contributed by atoms with Gasteiger partial charge in [0.15, 0.2) is 0 Å². The standard InChI is InChI=1S/C28H30Cl3N3O4S/c1-19(2)16-32-28(36)20(3)33(17-22-23(29)13-9-14-24(22)30)27(35)18-34(26-15-8-7-12-25(26)31)39(37,38)21-10-5-4-6-11-21/h4-15,19-20H,16-18H2,1-3H3,(H,32,36). The van der Waals surface area contributed by atoms with Crippen molar-refractivity contribution >= 4 is 62.3 Å². The largest absolute Gasteiger partial charge is 0.354 e. The first kappa shape index (κ1) is 30.8. The van der Waals surface area contributed by atoms with Crippen LogP contribution in [0.5, 0.6) is 0 Å². The molecule has 2 amide bonds. The van der Waals surface area contributed by atoms with Crippen molar-refractivity contribution in [3.63, 3.8) is 0 Å². The number of hydrogen-bond acceptors (Lipinski definition) is 4. The second-order valence-corrected chi connectivity index (χ2v) is 12.4. The van der Waals surface area contributed by atoms with Gasteiger partial charge in [0.05, 0.1) is 15.6 Å². The molecule has 0 saturated carbocycles. The van der Waals surface area contributed by atoms with E-state index < -0.39 is 34.4 Å². The van der Waals surface area contributed by atoms with Gasteiger partial charge in [0.2, 0.25) is 11.8 Å². The second-order valence-electron chi connectivity index (χ2n) is 9.31. The van der Waals surface area contributed by atoms with Gasteiger partial charge in [-0.3, -0.25) is 13.9 Å². The number of sulfonamides is 1. The van der Waals surface area contributed by atoms with Crippen molar-refractivity contribution < 1.29 is 18.0 Å². The lowest BCUT2D eigenvalue weighted by atomic mass is 10.1. The molecule has 7 nitrogen and oxygen atoms in total. The molecule has 0 bridgehead atoms. The Morgan fingerprint density at radius 3 is 1.97 bits per heavy atom. The number of anilines is 1. The molecule has 3 aromatic rings. The zero-order valence-corrected chi connectivity index (χ0v) is 24.9. The zero-order valence-electron chi connectivity index (χ0n) is 21.8. The summed E-state index contributed by atoms with van der Waals surface area (Å²) in [6, 6.07) is 18.1. The Morgan fingerprint density at radius 1 is 0.821 bits per heavy atom. The lowest BCUT2D eigenvalue weighted by molar-refractivity contribution is -0.139. The van der Waals surface area contributed by atoms with E-state index in [2.05, 4.69) is 5.32 Å². The summed E-state index contributed by atoms with van der Waals surface area (Å²) in [6.07, 6.45) is 0. The number of hydrogen-bond donors (Lipinski definition) is 1. The van der Waals surface area contributed by atoms with Crippen molar-refractivity contribution in [2.24, 2.45) is 5.92 Å². The number of para-hydroxylation sites is 1. The molecule has 0 heterocycles. The topological polar surface area (TPSA) is 86.8 Å². The van der Waals surface area contributed by atoms with Gasteiger partial charge in [-0.05, 0) is 49.2 Å². The summed E-state index contributed by atoms with van der Waals surface area (Å²) in [4.78, 5) is 28.3. The van der Waals surface area contributed by atoms with Crippen molar-refractivity contribution in [3.8, 4) is 0 Å². The van der Waals surface area contributed by atoms with Crippen LogP contribution < -0.4 is 9.62 Å². The Hall–Kier alpha value is -2.78. The molecule has 1 unspecified atom stereocenters. The van der Waals surface area contributed by atoms with Crippen molar-refractivity contribution in [2.45, 2.75) is 38.3 Å². The van der Waals surface area contributed by atoms with E-state index in [0.29, 0.717) is 22.2 Å². The molecule has 1 N–H and O–H groups in total. The summed E-state index contributed by atoms with van der Waals surface area (Å²) in [5.41, 5.74) is 0.567. The number of carbonyl (C=O) groups excluding carboxylic acids is 2. The number of carbonyl (C=O) groups is 2. The van der Waals surface area contributed by atoms with Crippen molar-refractivity contribution in [2.75, 3.05) is 17.4 Å². The van der Waals surface area contributed by atoms with Gasteiger partial charge in [0.25, 0.3) is 10.0 Å². The van der Waals surface area contributed by atoms with Gasteiger partial charge < -0.3 is 10.2 Å². The highest BCUT2D eigenvalue weighted by Crippen LogP contribution is 2.31. The van der Waals surface area contributed by atoms with Gasteiger partial charge in [-0.2, -0.15) is 0 Å². The average molecular weight is 611 g/mol. The molecule has 39 heavy (non-hydrogen) atoms. The van der Waals surface area contributed by atoms with Crippen LogP contribution in [0.25, 0.3) is 0 Å². The molecule has 0 fully saturated rings. The number of nitrogens with zero attached hydrogens (tertiary/aromatic N) is 2. The number of nitrogens with one attached hydrogen (secondary N) is 1. The summed E-state index contributed by atoms with van der Waals surface area (Å²) in [5.74, 6) is -0.844. The van der Waals surface area contributed by atoms with E-state index in [1.54, 1.807) is 55.5 Å². The summed E-state index contributed by atoms with van der Waals surface area (Å²) < 4.78 is 28.5. The Labute approximate surface area is 244 Å². The monoisotopic (exact) mass is 609 g/mol. The van der Waals surface area contributed by atoms with Crippen LogP contribution in [0.2, 0.25) is 15.1 Å². The van der Waals surface area contributed by atoms with Gasteiger partial charge in [-0.15, -0.1) is 0 Å². The van der Waals surface area contributed by atoms with Crippen molar-refractivity contribution in [3.05, 3.63) is 93.4 Å². The van der Waals surface area contributed by atoms with Crippen LogP contribution in [0.15, 0.2) is 77.7 Å². The molecule has 208 valence electrons. The van der Waals surface area contributed by atoms with E-state index in [-0.39, 0.29) is 28.1 Å². The fourth-order valence-corrected chi connectivity index (χ4v) is 6.03. The van der Waals surface area contributed by atoms with E-state index in [1.165, 1.54) is 29.2 Å². The molecule has 0 saturated heterocycles. The number of benzene rings is 3. The highest BCUT2D eigenvalue weighted by atomic mass is 35.5. The van der Waals surface area contributed by atoms with Gasteiger partial charge in [-0.1, -0.05) is 85.0 Å². The third-order valence-corrected chi connectivity index (χ3v) is 8.77. The maximum Gasteiger partial charge on any atom is 0.264 e. The van der Waals surface area contributed by atoms with Crippen molar-refractivity contribution in [1.82, 2.24) is 10.2 Å². The minimum absolute atomic E-state index is 0.0128. The maximum absolute atomic E-state index is 13.9. The first-order valence-corrected chi connectivity index (χ1v) is 14.8. The summed E-state index contributed by atoms with van der Waals surface area (Å²) in [6.45, 7) is 5.15. The molecular weight excluding hydrogens is 581 g/mol. The molecule has 1 atom stereocenters. The zero-order chi connectivity index (χ0) is 28.7. The Morgan fingerprint density at radius 2 is 1.38 bits per heavy atom. The van der Waals surface area contributed by atoms with Crippen LogP contribution in [-0.4, -0.2) is 44.3 Å². The first-order chi connectivity index (χ1) is 18.4. The Bertz CT molecular complexity index is 1400. The fourth-order valence-electron chi connectivity index (χ4n) is 3.78. The van der Waals surface area contributed by atoms with Gasteiger partial charge in [-0.25, -0.2) is 8.42 Å². The van der Waals surface area contributed by atoms with E-state index in [1.807, 2.05) is 13.8 Å². The predicted octanol–water partition coefficient (Wildman–Crippen LogP) is 6.03. The predicted molar refractivity (Wildman–Crippen MR) is 157 cm³/mol. The normalized spacial score (nSPS) is 12.2. The maximum atomic E-state index is 13.9. The molecule has 0 aliphatic rings. The summed E-state index contributed by atoms with van der Waals surface area (Å²) in [5, 5.41) is 3.61. The van der Waals surface area contributed by atoms with Gasteiger partial charge >= 0.3 is 0 Å². The Balaban J connectivity index is 2.05. The molecule has 0 aliphatic heterocycles. The van der Waals surface area contributed by atoms with E-state index in [0.717, 1.165) is 4.31 Å². The number of amides is 2. The molecule has 11 heteroatoms. The minimum atomic E-state index is -4.21. The van der Waals surface area contributed by atoms with Crippen LogP contribution in [0, 0.1) is 5.92 Å². The van der Waals surface area contributed by atoms with Gasteiger partial charge in [0, 0.05) is 28.7 Å². The molecule has 3 aromatic carbocycles. The Kier molecular flexibility index (Phi) is 10.7. The third kappa shape index (κ3) is 7.66. The highest BCUT2D eigenvalue weighted by molar-refractivity contribution is 7.92. The van der Waals surface area contributed by atoms with Crippen LogP contribution in [0.3, 0.4) is 0 Å². The number of halogens is 3. The van der Waals surface area contributed by atoms with E-state index in [4.69, 9.17) is 34.8 Å². The summed E-state index contributed by atoms with van der Waals surface area (Å²) in [7, 11) is -4.21. The third-order valence-electron chi connectivity index (χ3n) is 5.97. The summed E-state index contributed by atoms with van der Waals surface area (Å²) >= 11 is 19.2. The quantitative estimate of drug-likeness (QED) is 0.287. The van der Waals surface area contributed by atoms with Crippen LogP contribution >= 0.6 is 34.8 Å². The molecular formula is C28H30Cl3N3O4S. The van der Waals surface area contributed by atoms with Gasteiger partial charge in [0.1, 0.15) is 12.6 Å². The molecule has 0 radical (unpaired) electrons. The highest BCUT2D eigenvalue weighted by Gasteiger charge is 2.33. The van der Waals surface area contributed by atoms with Crippen LogP contribution in [0.1, 0.15) is 26.3 Å². The SMILES string of the molecule is CC(C)CNC(=O)C(C)N(Cc1c(Cl)cccc1Cl)C(=O)CN(c1ccccc1Cl)S(=O)(=O)c1ccccc1. The average Bonchev–Trinajstić information content (AvgIpc) is 2.90. The minimum Gasteiger partial charge on any atom is -0.354 e. The van der Waals surface area contributed by atoms with Crippen LogP contribution in [-0.2, 0) is 26.2 Å². The van der Waals surface area contributed by atoms with E-state index in [9.17, 15) is 18.0 Å². The lowest BCUT2D eigenvalue weighted by Gasteiger charge is -2.32. The molecule has 0 aromatic heterocycles. The fraction of sp³-hybridized carbons (Fsp3) is 0.286. The second kappa shape index (κ2) is 13.5. The first-order valence-electron chi connectivity index (χ1n) is 12.3. The molecule has 3 rings (SSSR count). The van der Waals surface area contributed by atoms with Crippen LogP contribution in [0.4, 0.5) is 5.69 Å². The molecule has 0 spiro atoms. The number of rotatable bonds is 11.